The fourth-order valence-corrected chi connectivity index (χ4v) is 2.72. The van der Waals surface area contributed by atoms with Gasteiger partial charge in [0.05, 0.1) is 6.61 Å². The Balaban J connectivity index is 1.37. The number of ether oxygens (including phenoxy) is 1. The summed E-state index contributed by atoms with van der Waals surface area (Å²) in [6.07, 6.45) is 2.41. The van der Waals surface area contributed by atoms with Gasteiger partial charge in [-0.2, -0.15) is 0 Å². The Hall–Kier alpha value is -2.20. The highest BCUT2D eigenvalue weighted by molar-refractivity contribution is 6.39. The van der Waals surface area contributed by atoms with E-state index in [4.69, 9.17) is 9.57 Å². The molecule has 120 valence electrons. The Bertz CT molecular complexity index is 723. The molecule has 1 aliphatic rings. The van der Waals surface area contributed by atoms with Gasteiger partial charge in [0.1, 0.15) is 11.8 Å². The summed E-state index contributed by atoms with van der Waals surface area (Å²) in [5.74, 6) is 0.0000501. The van der Waals surface area contributed by atoms with Crippen LogP contribution in [0.1, 0.15) is 31.7 Å². The molecule has 4 heteroatoms. The molecule has 1 heterocycles. The van der Waals surface area contributed by atoms with E-state index in [0.29, 0.717) is 25.3 Å². The van der Waals surface area contributed by atoms with Gasteiger partial charge in [0.15, 0.2) is 5.78 Å². The van der Waals surface area contributed by atoms with Crippen LogP contribution in [0.5, 0.6) is 0 Å². The summed E-state index contributed by atoms with van der Waals surface area (Å²) in [4.78, 5) is 16.4. The number of carbonyl (C=O) groups is 1. The number of hydrogen-bond donors (Lipinski definition) is 0. The van der Waals surface area contributed by atoms with Gasteiger partial charge in [-0.3, -0.25) is 4.79 Å². The summed E-state index contributed by atoms with van der Waals surface area (Å²) >= 11 is 0. The molecule has 1 aliphatic heterocycles. The highest BCUT2D eigenvalue weighted by Gasteiger charge is 2.23. The number of oxime groups is 1. The van der Waals surface area contributed by atoms with Gasteiger partial charge >= 0.3 is 0 Å². The van der Waals surface area contributed by atoms with Crippen LogP contribution >= 0.6 is 0 Å². The summed E-state index contributed by atoms with van der Waals surface area (Å²) in [6, 6.07) is 14.7. The Labute approximate surface area is 136 Å². The molecule has 23 heavy (non-hydrogen) atoms. The number of fused-ring (bicyclic) bond motifs is 1. The van der Waals surface area contributed by atoms with Gasteiger partial charge in [0, 0.05) is 20.0 Å². The monoisotopic (exact) mass is 311 g/mol. The smallest absolute Gasteiger partial charge is 0.177 e. The quantitative estimate of drug-likeness (QED) is 0.729. The molecule has 1 unspecified atom stereocenters. The molecule has 0 bridgehead atoms. The molecule has 1 atom stereocenters. The fourth-order valence-electron chi connectivity index (χ4n) is 2.72. The summed E-state index contributed by atoms with van der Waals surface area (Å²) in [5, 5.41) is 6.30. The Morgan fingerprint density at radius 3 is 2.87 bits per heavy atom. The lowest BCUT2D eigenvalue weighted by Gasteiger charge is -2.09. The molecule has 2 aromatic carbocycles. The van der Waals surface area contributed by atoms with E-state index in [-0.39, 0.29) is 11.9 Å². The predicted octanol–water partition coefficient (Wildman–Crippen LogP) is 3.87. The zero-order chi connectivity index (χ0) is 16.1. The zero-order valence-electron chi connectivity index (χ0n) is 13.3. The third kappa shape index (κ3) is 4.17. The van der Waals surface area contributed by atoms with E-state index in [1.807, 2.05) is 12.1 Å². The van der Waals surface area contributed by atoms with E-state index >= 15 is 0 Å². The largest absolute Gasteiger partial charge is 0.392 e. The molecule has 0 radical (unpaired) electrons. The van der Waals surface area contributed by atoms with Crippen molar-refractivity contribution >= 4 is 22.3 Å². The number of Topliss-reactive ketones (excluding diaryl/α,β-unsaturated/α-hetero) is 1. The van der Waals surface area contributed by atoms with Crippen LogP contribution in [0, 0.1) is 0 Å². The minimum absolute atomic E-state index is 0.0000501. The average Bonchev–Trinajstić information content (AvgIpc) is 3.03. The number of rotatable bonds is 7. The van der Waals surface area contributed by atoms with Crippen molar-refractivity contribution in [3.05, 3.63) is 48.0 Å². The van der Waals surface area contributed by atoms with E-state index < -0.39 is 0 Å². The molecule has 0 saturated carbocycles. The van der Waals surface area contributed by atoms with Crippen molar-refractivity contribution in [2.24, 2.45) is 5.16 Å². The minimum Gasteiger partial charge on any atom is -0.392 e. The molecule has 0 N–H and O–H groups in total. The molecule has 3 rings (SSSR count). The Morgan fingerprint density at radius 1 is 1.26 bits per heavy atom. The maximum absolute atomic E-state index is 11.2. The van der Waals surface area contributed by atoms with E-state index in [2.05, 4.69) is 35.5 Å². The minimum atomic E-state index is 0.0000501. The molecular weight excluding hydrogens is 290 g/mol. The number of ketones is 1. The lowest BCUT2D eigenvalue weighted by Crippen LogP contribution is -2.13. The van der Waals surface area contributed by atoms with Gasteiger partial charge in [-0.25, -0.2) is 0 Å². The molecule has 0 amide bonds. The van der Waals surface area contributed by atoms with Crippen molar-refractivity contribution in [3.8, 4) is 0 Å². The van der Waals surface area contributed by atoms with Crippen molar-refractivity contribution < 1.29 is 14.4 Å². The summed E-state index contributed by atoms with van der Waals surface area (Å²) in [6.45, 7) is 2.82. The Morgan fingerprint density at radius 2 is 2.09 bits per heavy atom. The van der Waals surface area contributed by atoms with Crippen LogP contribution in [0.2, 0.25) is 0 Å². The molecule has 0 aromatic heterocycles. The second kappa shape index (κ2) is 7.38. The van der Waals surface area contributed by atoms with Gasteiger partial charge in [0.2, 0.25) is 0 Å². The van der Waals surface area contributed by atoms with Crippen LogP contribution in [-0.2, 0) is 21.0 Å². The highest BCUT2D eigenvalue weighted by Crippen LogP contribution is 2.18. The first-order chi connectivity index (χ1) is 11.2. The van der Waals surface area contributed by atoms with Crippen molar-refractivity contribution in [3.63, 3.8) is 0 Å². The van der Waals surface area contributed by atoms with Gasteiger partial charge in [-0.05, 0) is 35.2 Å². The van der Waals surface area contributed by atoms with E-state index in [1.165, 1.54) is 23.3 Å². The molecule has 4 nitrogen and oxygen atoms in total. The second-order valence-electron chi connectivity index (χ2n) is 5.90. The van der Waals surface area contributed by atoms with Crippen molar-refractivity contribution in [1.29, 1.82) is 0 Å². The van der Waals surface area contributed by atoms with Crippen LogP contribution < -0.4 is 0 Å². The molecule has 0 aliphatic carbocycles. The molecule has 0 fully saturated rings. The first-order valence-corrected chi connectivity index (χ1v) is 8.01. The lowest BCUT2D eigenvalue weighted by molar-refractivity contribution is -0.111. The number of nitrogens with zero attached hydrogens (tertiary/aromatic N) is 1. The normalized spacial score (nSPS) is 17.1. The van der Waals surface area contributed by atoms with Gasteiger partial charge in [-0.15, -0.1) is 0 Å². The van der Waals surface area contributed by atoms with Crippen LogP contribution in [0.15, 0.2) is 47.6 Å². The van der Waals surface area contributed by atoms with Gasteiger partial charge < -0.3 is 9.57 Å². The third-order valence-electron chi connectivity index (χ3n) is 4.04. The van der Waals surface area contributed by atoms with Crippen molar-refractivity contribution in [1.82, 2.24) is 0 Å². The summed E-state index contributed by atoms with van der Waals surface area (Å²) in [7, 11) is 0. The molecule has 0 saturated heterocycles. The third-order valence-corrected chi connectivity index (χ3v) is 4.04. The molecule has 0 spiro atoms. The fraction of sp³-hybridized carbons (Fsp3) is 0.368. The SMILES string of the molecule is CC(=O)C1=NOC(CCCOCc2ccc3ccccc3c2)C1. The van der Waals surface area contributed by atoms with Crippen LogP contribution in [0.25, 0.3) is 10.8 Å². The van der Waals surface area contributed by atoms with Crippen LogP contribution in [0.4, 0.5) is 0 Å². The topological polar surface area (TPSA) is 47.9 Å². The summed E-state index contributed by atoms with van der Waals surface area (Å²) in [5.41, 5.74) is 1.73. The lowest BCUT2D eigenvalue weighted by atomic mass is 10.1. The van der Waals surface area contributed by atoms with Crippen LogP contribution in [0.3, 0.4) is 0 Å². The van der Waals surface area contributed by atoms with Gasteiger partial charge in [-0.1, -0.05) is 41.6 Å². The van der Waals surface area contributed by atoms with Crippen LogP contribution in [-0.4, -0.2) is 24.2 Å². The van der Waals surface area contributed by atoms with Crippen molar-refractivity contribution in [2.45, 2.75) is 38.9 Å². The maximum atomic E-state index is 11.2. The highest BCUT2D eigenvalue weighted by atomic mass is 16.6. The van der Waals surface area contributed by atoms with E-state index in [0.717, 1.165) is 12.8 Å². The maximum Gasteiger partial charge on any atom is 0.177 e. The first kappa shape index (κ1) is 15.7. The van der Waals surface area contributed by atoms with Gasteiger partial charge in [0.25, 0.3) is 0 Å². The van der Waals surface area contributed by atoms with E-state index in [1.54, 1.807) is 0 Å². The first-order valence-electron chi connectivity index (χ1n) is 8.01. The molecule has 2 aromatic rings. The standard InChI is InChI=1S/C19H21NO3/c1-14(21)19-12-18(23-20-19)7-4-10-22-13-15-8-9-16-5-2-3-6-17(16)11-15/h2-3,5-6,8-9,11,18H,4,7,10,12-13H2,1H3. The zero-order valence-corrected chi connectivity index (χ0v) is 13.3. The van der Waals surface area contributed by atoms with Crippen molar-refractivity contribution in [2.75, 3.05) is 6.61 Å². The molecular formula is C19H21NO3. The second-order valence-corrected chi connectivity index (χ2v) is 5.90. The predicted molar refractivity (Wildman–Crippen MR) is 90.4 cm³/mol. The average molecular weight is 311 g/mol. The number of carbonyl (C=O) groups excluding carboxylic acids is 1. The number of hydrogen-bond acceptors (Lipinski definition) is 4. The Kier molecular flexibility index (Phi) is 5.03. The van der Waals surface area contributed by atoms with E-state index in [9.17, 15) is 4.79 Å². The summed E-state index contributed by atoms with van der Waals surface area (Å²) < 4.78 is 5.74. The number of benzene rings is 2.